The standard InChI is InChI=1S/C24H34Cl2N4O4S2/c25-21-5-9-23(10-6-21)35(31,32)27-13-1-3-15-29-17-19-30(20-18-29)16-4-2-14-28-36(33,34)24-11-7-22(26)8-12-24/h5-12,27-28H,1-4,13-20H2. The highest BCUT2D eigenvalue weighted by molar-refractivity contribution is 7.89. The SMILES string of the molecule is O=S(=O)(NCCCCN1CCN(CCCCNS(=O)(=O)c2ccc(Cl)cc2)CC1)c1ccc(Cl)cc1. The van der Waals surface area contributed by atoms with Gasteiger partial charge in [-0.15, -0.1) is 0 Å². The maximum Gasteiger partial charge on any atom is 0.240 e. The van der Waals surface area contributed by atoms with E-state index in [1.807, 2.05) is 0 Å². The van der Waals surface area contributed by atoms with Crippen LogP contribution in [0.5, 0.6) is 0 Å². The number of piperazine rings is 1. The summed E-state index contributed by atoms with van der Waals surface area (Å²) in [5.74, 6) is 0. The van der Waals surface area contributed by atoms with Crippen LogP contribution >= 0.6 is 23.2 Å². The zero-order valence-electron chi connectivity index (χ0n) is 20.2. The van der Waals surface area contributed by atoms with Gasteiger partial charge in [0.15, 0.2) is 0 Å². The van der Waals surface area contributed by atoms with Gasteiger partial charge in [0, 0.05) is 49.3 Å². The van der Waals surface area contributed by atoms with E-state index < -0.39 is 20.0 Å². The molecule has 200 valence electrons. The van der Waals surface area contributed by atoms with Gasteiger partial charge in [-0.05, 0) is 87.3 Å². The number of hydrogen-bond acceptors (Lipinski definition) is 6. The highest BCUT2D eigenvalue weighted by atomic mass is 35.5. The third kappa shape index (κ3) is 9.57. The molecule has 0 bridgehead atoms. The second-order valence-corrected chi connectivity index (χ2v) is 13.2. The third-order valence-electron chi connectivity index (χ3n) is 6.10. The average molecular weight is 578 g/mol. The zero-order valence-corrected chi connectivity index (χ0v) is 23.3. The number of nitrogens with zero attached hydrogens (tertiary/aromatic N) is 2. The van der Waals surface area contributed by atoms with E-state index in [0.717, 1.165) is 65.0 Å². The maximum atomic E-state index is 12.3. The largest absolute Gasteiger partial charge is 0.301 e. The highest BCUT2D eigenvalue weighted by Crippen LogP contribution is 2.15. The molecule has 1 aliphatic heterocycles. The molecule has 1 fully saturated rings. The predicted molar refractivity (Wildman–Crippen MR) is 145 cm³/mol. The first-order valence-corrected chi connectivity index (χ1v) is 15.8. The number of sulfonamides is 2. The molecule has 0 aliphatic carbocycles. The van der Waals surface area contributed by atoms with Crippen molar-refractivity contribution in [3.8, 4) is 0 Å². The van der Waals surface area contributed by atoms with Gasteiger partial charge in [-0.25, -0.2) is 26.3 Å². The van der Waals surface area contributed by atoms with Crippen LogP contribution in [0.15, 0.2) is 58.3 Å². The van der Waals surface area contributed by atoms with Crippen LogP contribution in [0.3, 0.4) is 0 Å². The minimum absolute atomic E-state index is 0.224. The Morgan fingerprint density at radius 1 is 0.583 bits per heavy atom. The summed E-state index contributed by atoms with van der Waals surface area (Å²) in [6, 6.07) is 12.3. The van der Waals surface area contributed by atoms with Crippen LogP contribution in [0.25, 0.3) is 0 Å². The Labute approximate surface area is 225 Å². The van der Waals surface area contributed by atoms with Crippen LogP contribution < -0.4 is 9.44 Å². The summed E-state index contributed by atoms with van der Waals surface area (Å²) in [6.07, 6.45) is 3.41. The highest BCUT2D eigenvalue weighted by Gasteiger charge is 2.17. The fourth-order valence-electron chi connectivity index (χ4n) is 3.96. The molecule has 1 aliphatic rings. The van der Waals surface area contributed by atoms with Crippen LogP contribution in [0.2, 0.25) is 10.0 Å². The molecule has 0 spiro atoms. The molecule has 1 saturated heterocycles. The minimum atomic E-state index is -3.50. The zero-order chi connectivity index (χ0) is 26.0. The molecule has 2 aromatic carbocycles. The number of benzene rings is 2. The Morgan fingerprint density at radius 2 is 0.917 bits per heavy atom. The number of halogens is 2. The summed E-state index contributed by atoms with van der Waals surface area (Å²) < 4.78 is 54.5. The predicted octanol–water partition coefficient (Wildman–Crippen LogP) is 3.43. The number of hydrogen-bond donors (Lipinski definition) is 2. The van der Waals surface area contributed by atoms with Gasteiger partial charge in [-0.2, -0.15) is 0 Å². The number of unbranched alkanes of at least 4 members (excludes halogenated alkanes) is 2. The maximum absolute atomic E-state index is 12.3. The van der Waals surface area contributed by atoms with Crippen molar-refractivity contribution in [2.45, 2.75) is 35.5 Å². The summed E-state index contributed by atoms with van der Waals surface area (Å²) in [7, 11) is -7.00. The molecular formula is C24H34Cl2N4O4S2. The summed E-state index contributed by atoms with van der Waals surface area (Å²) >= 11 is 11.6. The molecule has 8 nitrogen and oxygen atoms in total. The second-order valence-electron chi connectivity index (χ2n) is 8.80. The lowest BCUT2D eigenvalue weighted by molar-refractivity contribution is 0.129. The fraction of sp³-hybridized carbons (Fsp3) is 0.500. The van der Waals surface area contributed by atoms with Crippen LogP contribution in [0.1, 0.15) is 25.7 Å². The molecule has 0 amide bonds. The van der Waals surface area contributed by atoms with E-state index in [2.05, 4.69) is 19.2 Å². The van der Waals surface area contributed by atoms with Crippen LogP contribution in [-0.4, -0.2) is 79.0 Å². The third-order valence-corrected chi connectivity index (χ3v) is 9.56. The number of nitrogens with one attached hydrogen (secondary N) is 2. The summed E-state index contributed by atoms with van der Waals surface area (Å²) in [5.41, 5.74) is 0. The Kier molecular flexibility index (Phi) is 11.5. The van der Waals surface area contributed by atoms with Crippen molar-refractivity contribution in [1.82, 2.24) is 19.2 Å². The normalized spacial score (nSPS) is 15.8. The monoisotopic (exact) mass is 576 g/mol. The van der Waals surface area contributed by atoms with Gasteiger partial charge >= 0.3 is 0 Å². The molecule has 3 rings (SSSR count). The van der Waals surface area contributed by atoms with E-state index in [0.29, 0.717) is 23.1 Å². The Bertz CT molecular complexity index is 1060. The van der Waals surface area contributed by atoms with E-state index >= 15 is 0 Å². The van der Waals surface area contributed by atoms with Crippen molar-refractivity contribution in [2.24, 2.45) is 0 Å². The van der Waals surface area contributed by atoms with Crippen molar-refractivity contribution < 1.29 is 16.8 Å². The van der Waals surface area contributed by atoms with E-state index in [1.54, 1.807) is 24.3 Å². The molecule has 36 heavy (non-hydrogen) atoms. The van der Waals surface area contributed by atoms with Crippen LogP contribution in [0.4, 0.5) is 0 Å². The van der Waals surface area contributed by atoms with Gasteiger partial charge in [-0.3, -0.25) is 0 Å². The first-order chi connectivity index (χ1) is 17.2. The summed E-state index contributed by atoms with van der Waals surface area (Å²) in [5, 5.41) is 1.01. The fourth-order valence-corrected chi connectivity index (χ4v) is 6.36. The van der Waals surface area contributed by atoms with Crippen molar-refractivity contribution in [2.75, 3.05) is 52.4 Å². The molecule has 0 unspecified atom stereocenters. The Hall–Kier alpha value is -1.24. The van der Waals surface area contributed by atoms with Crippen LogP contribution in [-0.2, 0) is 20.0 Å². The molecule has 0 saturated carbocycles. The molecule has 1 heterocycles. The molecule has 2 aromatic rings. The van der Waals surface area contributed by atoms with E-state index in [-0.39, 0.29) is 9.79 Å². The van der Waals surface area contributed by atoms with E-state index in [9.17, 15) is 16.8 Å². The summed E-state index contributed by atoms with van der Waals surface area (Å²) in [4.78, 5) is 5.26. The smallest absolute Gasteiger partial charge is 0.240 e. The number of rotatable bonds is 14. The van der Waals surface area contributed by atoms with Crippen molar-refractivity contribution in [1.29, 1.82) is 0 Å². The lowest BCUT2D eigenvalue weighted by Crippen LogP contribution is -2.46. The van der Waals surface area contributed by atoms with Crippen molar-refractivity contribution in [3.05, 3.63) is 58.6 Å². The van der Waals surface area contributed by atoms with E-state index in [1.165, 1.54) is 24.3 Å². The molecule has 0 radical (unpaired) electrons. The van der Waals surface area contributed by atoms with Gasteiger partial charge in [0.05, 0.1) is 9.79 Å². The first kappa shape index (κ1) is 29.3. The summed E-state index contributed by atoms with van der Waals surface area (Å²) in [6.45, 7) is 6.66. The lowest BCUT2D eigenvalue weighted by atomic mass is 10.2. The lowest BCUT2D eigenvalue weighted by Gasteiger charge is -2.34. The molecule has 2 N–H and O–H groups in total. The van der Waals surface area contributed by atoms with E-state index in [4.69, 9.17) is 23.2 Å². The molecular weight excluding hydrogens is 543 g/mol. The first-order valence-electron chi connectivity index (χ1n) is 12.1. The van der Waals surface area contributed by atoms with Gasteiger partial charge in [-0.1, -0.05) is 23.2 Å². The van der Waals surface area contributed by atoms with Gasteiger partial charge in [0.2, 0.25) is 20.0 Å². The molecule has 0 atom stereocenters. The molecule has 12 heteroatoms. The average Bonchev–Trinajstić information content (AvgIpc) is 2.85. The van der Waals surface area contributed by atoms with Crippen molar-refractivity contribution in [3.63, 3.8) is 0 Å². The molecule has 0 aromatic heterocycles. The van der Waals surface area contributed by atoms with Gasteiger partial charge in [0.1, 0.15) is 0 Å². The second kappa shape index (κ2) is 14.1. The quantitative estimate of drug-likeness (QED) is 0.334. The van der Waals surface area contributed by atoms with Gasteiger partial charge in [0.25, 0.3) is 0 Å². The van der Waals surface area contributed by atoms with Crippen LogP contribution in [0, 0.1) is 0 Å². The Balaban J connectivity index is 1.22. The topological polar surface area (TPSA) is 98.8 Å². The van der Waals surface area contributed by atoms with Gasteiger partial charge < -0.3 is 9.80 Å². The Morgan fingerprint density at radius 3 is 1.25 bits per heavy atom. The minimum Gasteiger partial charge on any atom is -0.301 e. The van der Waals surface area contributed by atoms with Crippen molar-refractivity contribution >= 4 is 43.2 Å².